The molecule has 7 heteroatoms. The number of nitrogens with two attached hydrogens (primary N) is 1. The largest absolute Gasteiger partial charge is 0.493 e. The Labute approximate surface area is 131 Å². The van der Waals surface area contributed by atoms with Crippen molar-refractivity contribution in [3.05, 3.63) is 45.5 Å². The summed E-state index contributed by atoms with van der Waals surface area (Å²) in [6, 6.07) is 7.34. The van der Waals surface area contributed by atoms with Crippen molar-refractivity contribution in [3.63, 3.8) is 0 Å². The highest BCUT2D eigenvalue weighted by molar-refractivity contribution is 5.80. The molecule has 0 unspecified atom stereocenters. The number of halogens is 1. The number of pyridine rings is 1. The highest BCUT2D eigenvalue weighted by Gasteiger charge is 2.19. The van der Waals surface area contributed by atoms with Crippen LogP contribution in [0.3, 0.4) is 0 Å². The van der Waals surface area contributed by atoms with Crippen molar-refractivity contribution >= 4 is 5.82 Å². The van der Waals surface area contributed by atoms with Crippen LogP contribution in [0.25, 0.3) is 11.1 Å². The van der Waals surface area contributed by atoms with Crippen LogP contribution in [0, 0.1) is 28.5 Å². The maximum Gasteiger partial charge on any atom is 0.268 e. The van der Waals surface area contributed by atoms with Gasteiger partial charge in [0, 0.05) is 11.6 Å². The molecular weight excluding hydrogens is 299 g/mol. The number of nitrogens with zero attached hydrogens (tertiary/aromatic N) is 2. The Morgan fingerprint density at radius 3 is 2.57 bits per heavy atom. The fraction of sp³-hybridized carbons (Fsp3) is 0.188. The Morgan fingerprint density at radius 1 is 1.26 bits per heavy atom. The SMILES string of the molecule is CCCOc1cc(F)cc(-c2c(C#N)c(N)[nH]c(=O)c2C#N)c1. The molecule has 3 N–H and O–H groups in total. The molecule has 0 aliphatic carbocycles. The third-order valence-electron chi connectivity index (χ3n) is 3.10. The molecule has 0 spiro atoms. The van der Waals surface area contributed by atoms with E-state index in [2.05, 4.69) is 4.98 Å². The highest BCUT2D eigenvalue weighted by atomic mass is 19.1. The number of benzene rings is 1. The van der Waals surface area contributed by atoms with Gasteiger partial charge in [0.15, 0.2) is 0 Å². The van der Waals surface area contributed by atoms with E-state index in [4.69, 9.17) is 10.5 Å². The van der Waals surface area contributed by atoms with Gasteiger partial charge in [0.2, 0.25) is 0 Å². The summed E-state index contributed by atoms with van der Waals surface area (Å²) in [4.78, 5) is 14.1. The van der Waals surface area contributed by atoms with E-state index in [0.717, 1.165) is 12.5 Å². The highest BCUT2D eigenvalue weighted by Crippen LogP contribution is 2.31. The van der Waals surface area contributed by atoms with Gasteiger partial charge in [-0.05, 0) is 24.1 Å². The number of aromatic amines is 1. The number of nitrogens with one attached hydrogen (secondary N) is 1. The Morgan fingerprint density at radius 2 is 1.96 bits per heavy atom. The van der Waals surface area contributed by atoms with Crippen LogP contribution in [-0.2, 0) is 0 Å². The normalized spacial score (nSPS) is 9.91. The predicted octanol–water partition coefficient (Wildman–Crippen LogP) is 2.30. The monoisotopic (exact) mass is 312 g/mol. The van der Waals surface area contributed by atoms with Gasteiger partial charge < -0.3 is 15.5 Å². The van der Waals surface area contributed by atoms with Crippen LogP contribution < -0.4 is 16.0 Å². The quantitative estimate of drug-likeness (QED) is 0.898. The van der Waals surface area contributed by atoms with Gasteiger partial charge in [0.1, 0.15) is 40.6 Å². The van der Waals surface area contributed by atoms with Gasteiger partial charge in [-0.25, -0.2) is 4.39 Å². The lowest BCUT2D eigenvalue weighted by Crippen LogP contribution is -2.16. The first-order valence-corrected chi connectivity index (χ1v) is 6.81. The molecule has 116 valence electrons. The third-order valence-corrected chi connectivity index (χ3v) is 3.10. The lowest BCUT2D eigenvalue weighted by molar-refractivity contribution is 0.316. The van der Waals surface area contributed by atoms with Gasteiger partial charge in [-0.1, -0.05) is 6.92 Å². The molecule has 0 aliphatic rings. The van der Waals surface area contributed by atoms with Gasteiger partial charge in [-0.3, -0.25) is 4.79 Å². The maximum absolute atomic E-state index is 13.9. The van der Waals surface area contributed by atoms with Crippen LogP contribution in [0.4, 0.5) is 10.2 Å². The van der Waals surface area contributed by atoms with Crippen molar-refractivity contribution in [1.82, 2.24) is 4.98 Å². The van der Waals surface area contributed by atoms with Crippen LogP contribution in [0.5, 0.6) is 5.75 Å². The van der Waals surface area contributed by atoms with E-state index in [9.17, 15) is 19.7 Å². The Hall–Kier alpha value is -3.32. The summed E-state index contributed by atoms with van der Waals surface area (Å²) in [7, 11) is 0. The minimum Gasteiger partial charge on any atom is -0.493 e. The molecule has 1 heterocycles. The molecule has 2 rings (SSSR count). The summed E-state index contributed by atoms with van der Waals surface area (Å²) in [5.74, 6) is -0.541. The van der Waals surface area contributed by atoms with E-state index < -0.39 is 11.4 Å². The Balaban J connectivity index is 2.77. The molecule has 0 radical (unpaired) electrons. The molecule has 1 aromatic heterocycles. The molecule has 1 aromatic carbocycles. The smallest absolute Gasteiger partial charge is 0.268 e. The first kappa shape index (κ1) is 16.1. The Kier molecular flexibility index (Phi) is 4.63. The number of anilines is 1. The summed E-state index contributed by atoms with van der Waals surface area (Å²) < 4.78 is 19.2. The molecule has 2 aromatic rings. The molecule has 0 aliphatic heterocycles. The zero-order chi connectivity index (χ0) is 17.0. The predicted molar refractivity (Wildman–Crippen MR) is 82.1 cm³/mol. The first-order valence-electron chi connectivity index (χ1n) is 6.81. The van der Waals surface area contributed by atoms with Crippen LogP contribution in [0.1, 0.15) is 24.5 Å². The summed E-state index contributed by atoms with van der Waals surface area (Å²) in [6.45, 7) is 2.29. The molecule has 0 atom stereocenters. The third kappa shape index (κ3) is 3.14. The van der Waals surface area contributed by atoms with Crippen molar-refractivity contribution in [3.8, 4) is 29.0 Å². The van der Waals surface area contributed by atoms with E-state index in [-0.39, 0.29) is 33.8 Å². The van der Waals surface area contributed by atoms with E-state index in [1.165, 1.54) is 12.1 Å². The number of nitrogen functional groups attached to an aromatic ring is 1. The molecule has 0 bridgehead atoms. The molecule has 0 amide bonds. The van der Waals surface area contributed by atoms with Crippen LogP contribution >= 0.6 is 0 Å². The van der Waals surface area contributed by atoms with Gasteiger partial charge in [0.25, 0.3) is 5.56 Å². The van der Waals surface area contributed by atoms with E-state index in [1.54, 1.807) is 6.07 Å². The van der Waals surface area contributed by atoms with E-state index in [0.29, 0.717) is 6.61 Å². The van der Waals surface area contributed by atoms with Crippen molar-refractivity contribution < 1.29 is 9.13 Å². The molecule has 0 fully saturated rings. The molecule has 23 heavy (non-hydrogen) atoms. The van der Waals surface area contributed by atoms with Gasteiger partial charge in [-0.2, -0.15) is 10.5 Å². The number of nitriles is 2. The molecule has 0 saturated heterocycles. The summed E-state index contributed by atoms with van der Waals surface area (Å²) >= 11 is 0. The standard InChI is InChI=1S/C16H13FN4O2/c1-2-3-23-11-5-9(4-10(17)6-11)14-12(7-18)15(20)21-16(22)13(14)8-19/h4-6H,2-3H2,1H3,(H3,20,21,22). The first-order chi connectivity index (χ1) is 11.0. The minimum absolute atomic E-state index is 0.00269. The maximum atomic E-state index is 13.9. The second-order valence-corrected chi connectivity index (χ2v) is 4.74. The van der Waals surface area contributed by atoms with Crippen molar-refractivity contribution in [2.75, 3.05) is 12.3 Å². The number of H-pyrrole nitrogens is 1. The number of hydrogen-bond acceptors (Lipinski definition) is 5. The average molecular weight is 312 g/mol. The number of hydrogen-bond donors (Lipinski definition) is 2. The van der Waals surface area contributed by atoms with Gasteiger partial charge in [-0.15, -0.1) is 0 Å². The van der Waals surface area contributed by atoms with Gasteiger partial charge in [0.05, 0.1) is 6.61 Å². The van der Waals surface area contributed by atoms with Crippen molar-refractivity contribution in [2.45, 2.75) is 13.3 Å². The number of rotatable bonds is 4. The summed E-state index contributed by atoms with van der Waals surface area (Å²) in [5, 5.41) is 18.5. The van der Waals surface area contributed by atoms with Crippen LogP contribution in [-0.4, -0.2) is 11.6 Å². The van der Waals surface area contributed by atoms with Crippen LogP contribution in [0.15, 0.2) is 23.0 Å². The van der Waals surface area contributed by atoms with Gasteiger partial charge >= 0.3 is 0 Å². The zero-order valence-corrected chi connectivity index (χ0v) is 12.3. The fourth-order valence-corrected chi connectivity index (χ4v) is 2.14. The molecule has 6 nitrogen and oxygen atoms in total. The van der Waals surface area contributed by atoms with Crippen molar-refractivity contribution in [1.29, 1.82) is 10.5 Å². The second-order valence-electron chi connectivity index (χ2n) is 4.74. The van der Waals surface area contributed by atoms with Crippen molar-refractivity contribution in [2.24, 2.45) is 0 Å². The number of ether oxygens (including phenoxy) is 1. The topological polar surface area (TPSA) is 116 Å². The van der Waals surface area contributed by atoms with E-state index in [1.807, 2.05) is 13.0 Å². The lowest BCUT2D eigenvalue weighted by atomic mass is 9.96. The second kappa shape index (κ2) is 6.63. The zero-order valence-electron chi connectivity index (χ0n) is 12.3. The molecular formula is C16H13FN4O2. The minimum atomic E-state index is -0.737. The Bertz CT molecular complexity index is 891. The molecule has 0 saturated carbocycles. The number of aromatic nitrogens is 1. The average Bonchev–Trinajstić information content (AvgIpc) is 2.51. The summed E-state index contributed by atoms with van der Waals surface area (Å²) in [6.07, 6.45) is 0.733. The summed E-state index contributed by atoms with van der Waals surface area (Å²) in [5.41, 5.74) is 4.69. The fourth-order valence-electron chi connectivity index (χ4n) is 2.14. The lowest BCUT2D eigenvalue weighted by Gasteiger charge is -2.11. The van der Waals surface area contributed by atoms with E-state index >= 15 is 0 Å². The van der Waals surface area contributed by atoms with Crippen LogP contribution in [0.2, 0.25) is 0 Å².